The average Bonchev–Trinajstić information content (AvgIpc) is 2.78. The highest BCUT2D eigenvalue weighted by Gasteiger charge is 2.36. The summed E-state index contributed by atoms with van der Waals surface area (Å²) in [5, 5.41) is 0. The van der Waals surface area contributed by atoms with Crippen molar-refractivity contribution in [1.82, 2.24) is 0 Å². The smallest absolute Gasteiger partial charge is 0.337 e. The van der Waals surface area contributed by atoms with Gasteiger partial charge in [0, 0.05) is 12.7 Å². The zero-order valence-corrected chi connectivity index (χ0v) is 23.6. The molecular weight excluding hydrogens is 396 g/mol. The highest BCUT2D eigenvalue weighted by atomic mass is 28.4. The average molecular weight is 457 g/mol. The minimum absolute atomic E-state index is 0.359. The molecule has 0 aliphatic rings. The Kier molecular flexibility index (Phi) is 22.1. The van der Waals surface area contributed by atoms with Crippen LogP contribution in [0.2, 0.25) is 12.1 Å². The number of rotatable bonds is 24. The minimum Gasteiger partial charge on any atom is -0.394 e. The molecule has 0 aliphatic carbocycles. The van der Waals surface area contributed by atoms with Gasteiger partial charge in [0.15, 0.2) is 0 Å². The predicted molar refractivity (Wildman–Crippen MR) is 142 cm³/mol. The van der Waals surface area contributed by atoms with Gasteiger partial charge in [0.1, 0.15) is 0 Å². The SMILES string of the molecule is CCCCCCCCCCCCCCCCCCO[Si](CC)(CC)OC(CC)C(C)C. The first-order valence-electron chi connectivity index (χ1n) is 14.4. The highest BCUT2D eigenvalue weighted by Crippen LogP contribution is 2.25. The van der Waals surface area contributed by atoms with Crippen molar-refractivity contribution in [1.29, 1.82) is 0 Å². The van der Waals surface area contributed by atoms with Gasteiger partial charge in [-0.1, -0.05) is 138 Å². The van der Waals surface area contributed by atoms with E-state index in [1.54, 1.807) is 0 Å². The molecule has 0 fully saturated rings. The molecule has 3 heteroatoms. The molecule has 0 spiro atoms. The molecule has 0 radical (unpaired) electrons. The molecule has 1 unspecified atom stereocenters. The molecule has 188 valence electrons. The van der Waals surface area contributed by atoms with Crippen LogP contribution in [0.15, 0.2) is 0 Å². The quantitative estimate of drug-likeness (QED) is 0.106. The molecular formula is C28H60O2Si. The standard InChI is InChI=1S/C28H60O2Si/c1-7-11-12-13-14-15-16-17-18-19-20-21-22-23-24-25-26-29-31(9-3,10-4)30-28(8-2)27(5)6/h27-28H,7-26H2,1-6H3. The van der Waals surface area contributed by atoms with Crippen molar-refractivity contribution < 1.29 is 8.85 Å². The molecule has 31 heavy (non-hydrogen) atoms. The maximum Gasteiger partial charge on any atom is 0.337 e. The summed E-state index contributed by atoms with van der Waals surface area (Å²) in [4.78, 5) is 0. The Morgan fingerprint density at radius 3 is 1.26 bits per heavy atom. The Labute approximate surface area is 198 Å². The molecule has 0 aromatic heterocycles. The molecule has 1 atom stereocenters. The van der Waals surface area contributed by atoms with Crippen molar-refractivity contribution >= 4 is 8.56 Å². The molecule has 0 rings (SSSR count). The number of hydrogen-bond donors (Lipinski definition) is 0. The molecule has 0 aromatic carbocycles. The first-order chi connectivity index (χ1) is 15.0. The van der Waals surface area contributed by atoms with Gasteiger partial charge in [-0.3, -0.25) is 0 Å². The van der Waals surface area contributed by atoms with Crippen LogP contribution in [0.3, 0.4) is 0 Å². The molecule has 0 N–H and O–H groups in total. The van der Waals surface area contributed by atoms with Crippen LogP contribution in [0, 0.1) is 5.92 Å². The summed E-state index contributed by atoms with van der Waals surface area (Å²) in [6.07, 6.45) is 24.1. The third-order valence-electron chi connectivity index (χ3n) is 6.95. The van der Waals surface area contributed by atoms with Crippen molar-refractivity contribution in [2.45, 2.75) is 169 Å². The van der Waals surface area contributed by atoms with Gasteiger partial charge in [0.25, 0.3) is 0 Å². The second-order valence-corrected chi connectivity index (χ2v) is 13.8. The van der Waals surface area contributed by atoms with E-state index in [4.69, 9.17) is 8.85 Å². The predicted octanol–water partition coefficient (Wildman–Crippen LogP) is 10.2. The topological polar surface area (TPSA) is 18.5 Å². The molecule has 0 saturated carbocycles. The zero-order valence-electron chi connectivity index (χ0n) is 22.6. The molecule has 0 aromatic rings. The fourth-order valence-corrected chi connectivity index (χ4v) is 7.35. The Balaban J connectivity index is 3.58. The van der Waals surface area contributed by atoms with E-state index < -0.39 is 8.56 Å². The first kappa shape index (κ1) is 31.1. The summed E-state index contributed by atoms with van der Waals surface area (Å²) in [5.41, 5.74) is 0. The van der Waals surface area contributed by atoms with Crippen LogP contribution in [-0.4, -0.2) is 21.3 Å². The summed E-state index contributed by atoms with van der Waals surface area (Å²) in [6, 6.07) is 2.15. The van der Waals surface area contributed by atoms with E-state index in [9.17, 15) is 0 Å². The van der Waals surface area contributed by atoms with E-state index >= 15 is 0 Å². The van der Waals surface area contributed by atoms with Crippen molar-refractivity contribution in [3.8, 4) is 0 Å². The number of unbranched alkanes of at least 4 members (excludes halogenated alkanes) is 15. The Hall–Kier alpha value is 0.137. The highest BCUT2D eigenvalue weighted by molar-refractivity contribution is 6.67. The van der Waals surface area contributed by atoms with Gasteiger partial charge in [0.05, 0.1) is 0 Å². The summed E-state index contributed by atoms with van der Waals surface area (Å²) in [6.45, 7) is 14.5. The summed E-state index contributed by atoms with van der Waals surface area (Å²) < 4.78 is 13.0. The van der Waals surface area contributed by atoms with Gasteiger partial charge in [-0.2, -0.15) is 0 Å². The van der Waals surface area contributed by atoms with Gasteiger partial charge in [-0.25, -0.2) is 0 Å². The van der Waals surface area contributed by atoms with E-state index in [2.05, 4.69) is 41.5 Å². The second-order valence-electron chi connectivity index (χ2n) is 10.1. The van der Waals surface area contributed by atoms with Crippen molar-refractivity contribution in [3.05, 3.63) is 0 Å². The van der Waals surface area contributed by atoms with Gasteiger partial charge in [0.2, 0.25) is 0 Å². The molecule has 2 nitrogen and oxygen atoms in total. The van der Waals surface area contributed by atoms with Crippen LogP contribution in [-0.2, 0) is 8.85 Å². The summed E-state index contributed by atoms with van der Waals surface area (Å²) in [7, 11) is -2.00. The molecule has 0 aliphatic heterocycles. The van der Waals surface area contributed by atoms with Crippen molar-refractivity contribution in [3.63, 3.8) is 0 Å². The molecule has 0 bridgehead atoms. The van der Waals surface area contributed by atoms with E-state index in [1.807, 2.05) is 0 Å². The van der Waals surface area contributed by atoms with E-state index in [-0.39, 0.29) is 0 Å². The minimum atomic E-state index is -2.00. The Bertz CT molecular complexity index is 355. The number of hydrogen-bond acceptors (Lipinski definition) is 2. The maximum atomic E-state index is 6.59. The van der Waals surface area contributed by atoms with Crippen LogP contribution in [0.4, 0.5) is 0 Å². The third kappa shape index (κ3) is 17.3. The lowest BCUT2D eigenvalue weighted by Crippen LogP contribution is -2.45. The van der Waals surface area contributed by atoms with E-state index in [1.165, 1.54) is 103 Å². The van der Waals surface area contributed by atoms with Gasteiger partial charge in [-0.15, -0.1) is 0 Å². The van der Waals surface area contributed by atoms with Gasteiger partial charge in [-0.05, 0) is 30.8 Å². The lowest BCUT2D eigenvalue weighted by atomic mass is 10.0. The Morgan fingerprint density at radius 2 is 0.935 bits per heavy atom. The van der Waals surface area contributed by atoms with E-state index in [0.29, 0.717) is 12.0 Å². The molecule has 0 saturated heterocycles. The van der Waals surface area contributed by atoms with E-state index in [0.717, 1.165) is 25.1 Å². The van der Waals surface area contributed by atoms with Crippen LogP contribution < -0.4 is 0 Å². The summed E-state index contributed by atoms with van der Waals surface area (Å²) in [5.74, 6) is 0.578. The first-order valence-corrected chi connectivity index (χ1v) is 16.6. The summed E-state index contributed by atoms with van der Waals surface area (Å²) >= 11 is 0. The normalized spacial score (nSPS) is 13.3. The lowest BCUT2D eigenvalue weighted by molar-refractivity contribution is 0.0788. The molecule has 0 heterocycles. The monoisotopic (exact) mass is 456 g/mol. The fourth-order valence-electron chi connectivity index (χ4n) is 4.53. The fraction of sp³-hybridized carbons (Fsp3) is 1.00. The van der Waals surface area contributed by atoms with Gasteiger partial charge >= 0.3 is 8.56 Å². The van der Waals surface area contributed by atoms with Crippen molar-refractivity contribution in [2.24, 2.45) is 5.92 Å². The Morgan fingerprint density at radius 1 is 0.548 bits per heavy atom. The molecule has 0 amide bonds. The lowest BCUT2D eigenvalue weighted by Gasteiger charge is -2.34. The van der Waals surface area contributed by atoms with Crippen LogP contribution in [0.1, 0.15) is 151 Å². The second kappa shape index (κ2) is 22.0. The van der Waals surface area contributed by atoms with Gasteiger partial charge < -0.3 is 8.85 Å². The maximum absolute atomic E-state index is 6.59. The largest absolute Gasteiger partial charge is 0.394 e. The zero-order chi connectivity index (χ0) is 23.2. The van der Waals surface area contributed by atoms with Crippen LogP contribution in [0.5, 0.6) is 0 Å². The van der Waals surface area contributed by atoms with Crippen LogP contribution >= 0.6 is 0 Å². The van der Waals surface area contributed by atoms with Crippen LogP contribution in [0.25, 0.3) is 0 Å². The third-order valence-corrected chi connectivity index (χ3v) is 10.6. The van der Waals surface area contributed by atoms with Crippen molar-refractivity contribution in [2.75, 3.05) is 6.61 Å².